The van der Waals surface area contributed by atoms with Crippen LogP contribution in [0.25, 0.3) is 11.4 Å². The SMILES string of the molecule is CC(C)N1C[C@@H](C(=O)Nc2nc(-c3ccc[nH]3)cs2)CC1=O. The molecule has 0 aliphatic carbocycles. The van der Waals surface area contributed by atoms with Gasteiger partial charge in [0.1, 0.15) is 0 Å². The third-order valence-corrected chi connectivity index (χ3v) is 4.52. The monoisotopic (exact) mass is 318 g/mol. The minimum Gasteiger partial charge on any atom is -0.360 e. The van der Waals surface area contributed by atoms with Crippen molar-refractivity contribution in [2.24, 2.45) is 5.92 Å². The van der Waals surface area contributed by atoms with Crippen LogP contribution in [-0.2, 0) is 9.59 Å². The van der Waals surface area contributed by atoms with E-state index in [1.807, 2.05) is 37.6 Å². The van der Waals surface area contributed by atoms with Crippen molar-refractivity contribution >= 4 is 28.3 Å². The third kappa shape index (κ3) is 2.89. The van der Waals surface area contributed by atoms with Crippen LogP contribution >= 0.6 is 11.3 Å². The highest BCUT2D eigenvalue weighted by Crippen LogP contribution is 2.26. The molecule has 0 aromatic carbocycles. The highest BCUT2D eigenvalue weighted by molar-refractivity contribution is 7.14. The Kier molecular flexibility index (Phi) is 3.98. The van der Waals surface area contributed by atoms with Crippen molar-refractivity contribution in [1.82, 2.24) is 14.9 Å². The molecular formula is C15H18N4O2S. The molecule has 0 unspecified atom stereocenters. The van der Waals surface area contributed by atoms with E-state index >= 15 is 0 Å². The van der Waals surface area contributed by atoms with E-state index in [2.05, 4.69) is 15.3 Å². The van der Waals surface area contributed by atoms with Crippen LogP contribution in [0.15, 0.2) is 23.7 Å². The Hall–Kier alpha value is -2.15. The van der Waals surface area contributed by atoms with Gasteiger partial charge >= 0.3 is 0 Å². The Labute approximate surface area is 132 Å². The van der Waals surface area contributed by atoms with Gasteiger partial charge in [0, 0.05) is 30.6 Å². The van der Waals surface area contributed by atoms with Crippen LogP contribution in [0.5, 0.6) is 0 Å². The number of carbonyl (C=O) groups is 2. The van der Waals surface area contributed by atoms with Crippen molar-refractivity contribution < 1.29 is 9.59 Å². The Morgan fingerprint density at radius 1 is 1.55 bits per heavy atom. The summed E-state index contributed by atoms with van der Waals surface area (Å²) < 4.78 is 0. The lowest BCUT2D eigenvalue weighted by molar-refractivity contribution is -0.129. The summed E-state index contributed by atoms with van der Waals surface area (Å²) in [6.45, 7) is 4.40. The molecule has 0 radical (unpaired) electrons. The van der Waals surface area contributed by atoms with Crippen LogP contribution in [0.2, 0.25) is 0 Å². The smallest absolute Gasteiger partial charge is 0.231 e. The van der Waals surface area contributed by atoms with E-state index < -0.39 is 0 Å². The Morgan fingerprint density at radius 2 is 2.36 bits per heavy atom. The maximum absolute atomic E-state index is 12.3. The van der Waals surface area contributed by atoms with Gasteiger partial charge in [-0.3, -0.25) is 9.59 Å². The van der Waals surface area contributed by atoms with Gasteiger partial charge in [0.15, 0.2) is 5.13 Å². The van der Waals surface area contributed by atoms with Crippen molar-refractivity contribution in [3.05, 3.63) is 23.7 Å². The Balaban J connectivity index is 1.64. The number of rotatable bonds is 4. The van der Waals surface area contributed by atoms with E-state index in [-0.39, 0.29) is 30.2 Å². The number of anilines is 1. The molecule has 1 aliphatic rings. The van der Waals surface area contributed by atoms with Crippen molar-refractivity contribution in [3.63, 3.8) is 0 Å². The second-order valence-corrected chi connectivity index (χ2v) is 6.51. The average molecular weight is 318 g/mol. The van der Waals surface area contributed by atoms with Crippen LogP contribution < -0.4 is 5.32 Å². The number of amides is 2. The fourth-order valence-corrected chi connectivity index (χ4v) is 3.27. The normalized spacial score (nSPS) is 18.2. The van der Waals surface area contributed by atoms with Gasteiger partial charge in [-0.1, -0.05) is 0 Å². The fraction of sp³-hybridized carbons (Fsp3) is 0.400. The molecule has 1 fully saturated rings. The zero-order valence-electron chi connectivity index (χ0n) is 12.5. The fourth-order valence-electron chi connectivity index (χ4n) is 2.56. The molecule has 1 aliphatic heterocycles. The van der Waals surface area contributed by atoms with E-state index in [9.17, 15) is 9.59 Å². The predicted molar refractivity (Wildman–Crippen MR) is 85.5 cm³/mol. The molecule has 0 bridgehead atoms. The number of aromatic amines is 1. The number of hydrogen-bond donors (Lipinski definition) is 2. The molecule has 1 saturated heterocycles. The first-order chi connectivity index (χ1) is 10.5. The first-order valence-electron chi connectivity index (χ1n) is 7.24. The van der Waals surface area contributed by atoms with Gasteiger partial charge in [0.05, 0.1) is 17.3 Å². The summed E-state index contributed by atoms with van der Waals surface area (Å²) in [7, 11) is 0. The van der Waals surface area contributed by atoms with Gasteiger partial charge in [-0.05, 0) is 26.0 Å². The molecule has 3 heterocycles. The van der Waals surface area contributed by atoms with Crippen molar-refractivity contribution in [1.29, 1.82) is 0 Å². The zero-order valence-corrected chi connectivity index (χ0v) is 13.3. The molecule has 1 atom stereocenters. The molecule has 2 aromatic rings. The lowest BCUT2D eigenvalue weighted by Crippen LogP contribution is -2.33. The molecule has 0 saturated carbocycles. The Bertz CT molecular complexity index is 678. The van der Waals surface area contributed by atoms with Gasteiger partial charge < -0.3 is 15.2 Å². The summed E-state index contributed by atoms with van der Waals surface area (Å²) in [5.41, 5.74) is 1.72. The molecular weight excluding hydrogens is 300 g/mol. The first kappa shape index (κ1) is 14.8. The largest absolute Gasteiger partial charge is 0.360 e. The number of carbonyl (C=O) groups excluding carboxylic acids is 2. The number of hydrogen-bond acceptors (Lipinski definition) is 4. The molecule has 2 amide bonds. The van der Waals surface area contributed by atoms with E-state index in [0.29, 0.717) is 11.7 Å². The lowest BCUT2D eigenvalue weighted by Gasteiger charge is -2.20. The summed E-state index contributed by atoms with van der Waals surface area (Å²) in [6.07, 6.45) is 2.11. The minimum absolute atomic E-state index is 0.0429. The molecule has 2 aromatic heterocycles. The summed E-state index contributed by atoms with van der Waals surface area (Å²) in [5, 5.41) is 5.27. The average Bonchev–Trinajstić information content (AvgIpc) is 3.16. The van der Waals surface area contributed by atoms with Crippen molar-refractivity contribution in [2.45, 2.75) is 26.3 Å². The number of aromatic nitrogens is 2. The van der Waals surface area contributed by atoms with Gasteiger partial charge in [0.2, 0.25) is 11.8 Å². The number of nitrogens with zero attached hydrogens (tertiary/aromatic N) is 2. The maximum Gasteiger partial charge on any atom is 0.231 e. The van der Waals surface area contributed by atoms with E-state index in [1.165, 1.54) is 11.3 Å². The van der Waals surface area contributed by atoms with E-state index in [0.717, 1.165) is 11.4 Å². The van der Waals surface area contributed by atoms with Crippen LogP contribution in [0.4, 0.5) is 5.13 Å². The quantitative estimate of drug-likeness (QED) is 0.908. The topological polar surface area (TPSA) is 78.1 Å². The van der Waals surface area contributed by atoms with Crippen LogP contribution in [0, 0.1) is 5.92 Å². The minimum atomic E-state index is -0.298. The summed E-state index contributed by atoms with van der Waals surface area (Å²) in [4.78, 5) is 33.4. The zero-order chi connectivity index (χ0) is 15.7. The molecule has 22 heavy (non-hydrogen) atoms. The predicted octanol–water partition coefficient (Wildman–Crippen LogP) is 2.33. The van der Waals surface area contributed by atoms with E-state index in [1.54, 1.807) is 4.90 Å². The van der Waals surface area contributed by atoms with Crippen molar-refractivity contribution in [3.8, 4) is 11.4 Å². The highest BCUT2D eigenvalue weighted by Gasteiger charge is 2.35. The molecule has 2 N–H and O–H groups in total. The van der Waals surface area contributed by atoms with Gasteiger partial charge in [-0.25, -0.2) is 4.98 Å². The first-order valence-corrected chi connectivity index (χ1v) is 8.12. The molecule has 7 heteroatoms. The van der Waals surface area contributed by atoms with Gasteiger partial charge in [0.25, 0.3) is 0 Å². The number of thiazole rings is 1. The van der Waals surface area contributed by atoms with Crippen LogP contribution in [-0.4, -0.2) is 39.3 Å². The Morgan fingerprint density at radius 3 is 3.00 bits per heavy atom. The van der Waals surface area contributed by atoms with Gasteiger partial charge in [-0.2, -0.15) is 0 Å². The maximum atomic E-state index is 12.3. The van der Waals surface area contributed by atoms with Crippen molar-refractivity contribution in [2.75, 3.05) is 11.9 Å². The summed E-state index contributed by atoms with van der Waals surface area (Å²) in [5.74, 6) is -0.391. The lowest BCUT2D eigenvalue weighted by atomic mass is 10.1. The molecule has 3 rings (SSSR count). The van der Waals surface area contributed by atoms with E-state index in [4.69, 9.17) is 0 Å². The molecule has 116 valence electrons. The van der Waals surface area contributed by atoms with Crippen LogP contribution in [0.3, 0.4) is 0 Å². The van der Waals surface area contributed by atoms with Gasteiger partial charge in [-0.15, -0.1) is 11.3 Å². The molecule has 0 spiro atoms. The molecule has 6 nitrogen and oxygen atoms in total. The van der Waals surface area contributed by atoms with Crippen LogP contribution in [0.1, 0.15) is 20.3 Å². The number of likely N-dealkylation sites (tertiary alicyclic amines) is 1. The standard InChI is InChI=1S/C15H18N4O2S/c1-9(2)19-7-10(6-13(19)20)14(21)18-15-17-12(8-22-15)11-4-3-5-16-11/h3-5,8-10,16H,6-7H2,1-2H3,(H,17,18,21)/t10-/m0/s1. The number of H-pyrrole nitrogens is 1. The summed E-state index contributed by atoms with van der Waals surface area (Å²) >= 11 is 1.38. The second kappa shape index (κ2) is 5.92. The number of nitrogens with one attached hydrogen (secondary N) is 2. The second-order valence-electron chi connectivity index (χ2n) is 5.65. The summed E-state index contributed by atoms with van der Waals surface area (Å²) in [6, 6.07) is 3.96. The highest BCUT2D eigenvalue weighted by atomic mass is 32.1. The third-order valence-electron chi connectivity index (χ3n) is 3.76.